The van der Waals surface area contributed by atoms with Crippen LogP contribution in [0.2, 0.25) is 0 Å². The highest BCUT2D eigenvalue weighted by atomic mass is 127. The second kappa shape index (κ2) is 4.91. The van der Waals surface area contributed by atoms with Gasteiger partial charge in [-0.15, -0.1) is 0 Å². The van der Waals surface area contributed by atoms with Crippen molar-refractivity contribution in [2.75, 3.05) is 0 Å². The minimum absolute atomic E-state index is 0.122. The quantitative estimate of drug-likeness (QED) is 0.359. The van der Waals surface area contributed by atoms with E-state index in [2.05, 4.69) is 61.3 Å². The summed E-state index contributed by atoms with van der Waals surface area (Å²) in [5.41, 5.74) is 7.58. The van der Waals surface area contributed by atoms with E-state index in [4.69, 9.17) is 10.2 Å². The van der Waals surface area contributed by atoms with Gasteiger partial charge in [-0.3, -0.25) is 5.43 Å². The first-order valence-electron chi connectivity index (χ1n) is 3.13. The number of halogens is 2. The third-order valence-electron chi connectivity index (χ3n) is 1.03. The average molecular weight is 374 g/mol. The van der Waals surface area contributed by atoms with Crippen LogP contribution in [0, 0.1) is 3.77 Å². The fraction of sp³-hybridized carbons (Fsp3) is 0. The first-order valence-corrected chi connectivity index (χ1v) is 5.41. The molecule has 0 radical (unpaired) electrons. The summed E-state index contributed by atoms with van der Waals surface area (Å²) < 4.78 is 6.93. The van der Waals surface area contributed by atoms with Gasteiger partial charge in [0, 0.05) is 28.7 Å². The van der Waals surface area contributed by atoms with E-state index in [9.17, 15) is 0 Å². The molecule has 3 N–H and O–H groups in total. The van der Waals surface area contributed by atoms with Crippen molar-refractivity contribution in [3.63, 3.8) is 0 Å². The van der Waals surface area contributed by atoms with Crippen LogP contribution in [0.4, 0.5) is 0 Å². The first-order chi connectivity index (χ1) is 6.09. The second-order valence-corrected chi connectivity index (χ2v) is 4.28. The maximum absolute atomic E-state index is 5.26. The van der Waals surface area contributed by atoms with Crippen LogP contribution in [0.5, 0.6) is 0 Å². The molecule has 0 bridgehead atoms. The third-order valence-corrected chi connectivity index (χ3v) is 3.25. The standard InChI is InChI=1S/C6H5BrIN3OS/c7-4-1-3(12-5(4)8)2-10-11-6(9)13/h1-2H,(H3,9,11,13). The van der Waals surface area contributed by atoms with Gasteiger partial charge in [-0.1, -0.05) is 0 Å². The van der Waals surface area contributed by atoms with Crippen LogP contribution in [0.25, 0.3) is 0 Å². The number of thiocarbonyl (C=S) groups is 1. The zero-order valence-corrected chi connectivity index (χ0v) is 10.8. The Morgan fingerprint density at radius 1 is 1.85 bits per heavy atom. The molecule has 0 aliphatic rings. The number of hydrazone groups is 1. The Balaban J connectivity index is 2.64. The van der Waals surface area contributed by atoms with Crippen LogP contribution in [-0.2, 0) is 0 Å². The van der Waals surface area contributed by atoms with Crippen molar-refractivity contribution in [3.8, 4) is 0 Å². The molecule has 0 unspecified atom stereocenters. The predicted octanol–water partition coefficient (Wildman–Crippen LogP) is 1.81. The number of nitrogens with one attached hydrogen (secondary N) is 1. The molecule has 1 rings (SSSR count). The molecule has 0 fully saturated rings. The molecule has 0 amide bonds. The molecule has 70 valence electrons. The van der Waals surface area contributed by atoms with E-state index < -0.39 is 0 Å². The van der Waals surface area contributed by atoms with E-state index in [0.717, 1.165) is 8.24 Å². The zero-order valence-electron chi connectivity index (χ0n) is 6.25. The Hall–Kier alpha value is -0.150. The van der Waals surface area contributed by atoms with Crippen LogP contribution in [0.15, 0.2) is 20.1 Å². The molecule has 1 aromatic rings. The van der Waals surface area contributed by atoms with Gasteiger partial charge in [0.25, 0.3) is 0 Å². The molecule has 0 aliphatic heterocycles. The van der Waals surface area contributed by atoms with Gasteiger partial charge in [0.05, 0.1) is 10.7 Å². The Morgan fingerprint density at radius 3 is 3.00 bits per heavy atom. The fourth-order valence-corrected chi connectivity index (χ4v) is 1.36. The Kier molecular flexibility index (Phi) is 4.13. The monoisotopic (exact) mass is 373 g/mol. The van der Waals surface area contributed by atoms with Gasteiger partial charge >= 0.3 is 0 Å². The molecule has 0 aliphatic carbocycles. The van der Waals surface area contributed by atoms with Gasteiger partial charge in [0.1, 0.15) is 5.76 Å². The molecule has 1 heterocycles. The number of rotatable bonds is 2. The molecule has 0 atom stereocenters. The first kappa shape index (κ1) is 10.9. The minimum Gasteiger partial charge on any atom is -0.448 e. The maximum atomic E-state index is 5.26. The smallest absolute Gasteiger partial charge is 0.184 e. The highest BCUT2D eigenvalue weighted by Gasteiger charge is 2.02. The lowest BCUT2D eigenvalue weighted by atomic mass is 10.5. The van der Waals surface area contributed by atoms with Crippen molar-refractivity contribution in [2.45, 2.75) is 0 Å². The van der Waals surface area contributed by atoms with Gasteiger partial charge in [0.2, 0.25) is 0 Å². The van der Waals surface area contributed by atoms with Crippen molar-refractivity contribution in [1.82, 2.24) is 5.43 Å². The molecule has 0 spiro atoms. The highest BCUT2D eigenvalue weighted by Crippen LogP contribution is 2.21. The average Bonchev–Trinajstić information content (AvgIpc) is 2.30. The van der Waals surface area contributed by atoms with E-state index in [1.165, 1.54) is 6.21 Å². The summed E-state index contributed by atoms with van der Waals surface area (Å²) in [4.78, 5) is 0. The van der Waals surface area contributed by atoms with E-state index in [0.29, 0.717) is 5.76 Å². The van der Waals surface area contributed by atoms with Gasteiger partial charge in [-0.25, -0.2) is 0 Å². The molecule has 0 aromatic carbocycles. The van der Waals surface area contributed by atoms with E-state index in [1.54, 1.807) is 6.07 Å². The summed E-state index contributed by atoms with van der Waals surface area (Å²) >= 11 is 9.92. The summed E-state index contributed by atoms with van der Waals surface area (Å²) in [6.45, 7) is 0. The molecule has 4 nitrogen and oxygen atoms in total. The predicted molar refractivity (Wildman–Crippen MR) is 66.6 cm³/mol. The summed E-state index contributed by atoms with van der Waals surface area (Å²) in [6.07, 6.45) is 1.49. The second-order valence-electron chi connectivity index (χ2n) is 2.00. The van der Waals surface area contributed by atoms with Crippen molar-refractivity contribution < 1.29 is 4.42 Å². The lowest BCUT2D eigenvalue weighted by Crippen LogP contribution is -2.23. The van der Waals surface area contributed by atoms with E-state index >= 15 is 0 Å². The number of furan rings is 1. The van der Waals surface area contributed by atoms with Crippen LogP contribution in [-0.4, -0.2) is 11.3 Å². The van der Waals surface area contributed by atoms with Crippen LogP contribution in [0.3, 0.4) is 0 Å². The fourth-order valence-electron chi connectivity index (χ4n) is 0.586. The van der Waals surface area contributed by atoms with Gasteiger partial charge < -0.3 is 10.2 Å². The molecular weight excluding hydrogens is 369 g/mol. The third kappa shape index (κ3) is 3.61. The van der Waals surface area contributed by atoms with Crippen molar-refractivity contribution in [1.29, 1.82) is 0 Å². The number of nitrogens with zero attached hydrogens (tertiary/aromatic N) is 1. The molecular formula is C6H5BrIN3OS. The number of hydrogen-bond donors (Lipinski definition) is 2. The Bertz CT molecular complexity index is 332. The lowest BCUT2D eigenvalue weighted by Gasteiger charge is -1.91. The highest BCUT2D eigenvalue weighted by molar-refractivity contribution is 14.1. The number of nitrogens with two attached hydrogens (primary N) is 1. The van der Waals surface area contributed by atoms with Crippen molar-refractivity contribution in [2.24, 2.45) is 10.8 Å². The molecule has 7 heteroatoms. The summed E-state index contributed by atoms with van der Waals surface area (Å²) in [5.74, 6) is 0.625. The molecule has 1 aromatic heterocycles. The number of hydrogen-bond acceptors (Lipinski definition) is 3. The summed E-state index contributed by atoms with van der Waals surface area (Å²) in [7, 11) is 0. The lowest BCUT2D eigenvalue weighted by molar-refractivity contribution is 0.529. The minimum atomic E-state index is 0.122. The Morgan fingerprint density at radius 2 is 2.54 bits per heavy atom. The topological polar surface area (TPSA) is 63.5 Å². The summed E-state index contributed by atoms with van der Waals surface area (Å²) in [5, 5.41) is 3.86. The normalized spacial score (nSPS) is 10.6. The van der Waals surface area contributed by atoms with Gasteiger partial charge in [-0.2, -0.15) is 5.10 Å². The van der Waals surface area contributed by atoms with Gasteiger partial charge in [0.15, 0.2) is 8.88 Å². The summed E-state index contributed by atoms with van der Waals surface area (Å²) in [6, 6.07) is 1.80. The van der Waals surface area contributed by atoms with Crippen LogP contribution < -0.4 is 11.2 Å². The van der Waals surface area contributed by atoms with E-state index in [-0.39, 0.29) is 5.11 Å². The zero-order chi connectivity index (χ0) is 9.84. The SMILES string of the molecule is NC(=S)NN=Cc1cc(Br)c(I)o1. The van der Waals surface area contributed by atoms with E-state index in [1.807, 2.05) is 0 Å². The van der Waals surface area contributed by atoms with Gasteiger partial charge in [-0.05, 0) is 28.1 Å². The largest absolute Gasteiger partial charge is 0.448 e. The van der Waals surface area contributed by atoms with Crippen LogP contribution >= 0.6 is 50.7 Å². The van der Waals surface area contributed by atoms with Crippen LogP contribution in [0.1, 0.15) is 5.76 Å². The molecule has 0 saturated carbocycles. The molecule has 13 heavy (non-hydrogen) atoms. The van der Waals surface area contributed by atoms with Crippen molar-refractivity contribution in [3.05, 3.63) is 20.1 Å². The maximum Gasteiger partial charge on any atom is 0.184 e. The Labute approximate surface area is 102 Å². The molecule has 0 saturated heterocycles. The van der Waals surface area contributed by atoms with Crippen molar-refractivity contribution >= 4 is 62.1 Å².